The van der Waals surface area contributed by atoms with E-state index in [4.69, 9.17) is 15.2 Å². The van der Waals surface area contributed by atoms with E-state index in [1.807, 2.05) is 108 Å². The van der Waals surface area contributed by atoms with Crippen LogP contribution in [0.4, 0.5) is 5.69 Å². The molecule has 2 aromatic carbocycles. The van der Waals surface area contributed by atoms with Gasteiger partial charge in [0, 0.05) is 52.4 Å². The third kappa shape index (κ3) is 13.3. The van der Waals surface area contributed by atoms with Crippen molar-refractivity contribution < 1.29 is 38.6 Å². The number of Topliss-reactive ketones (excluding diaryl/α,β-unsaturated/α-hetero) is 1. The van der Waals surface area contributed by atoms with Crippen LogP contribution in [0.25, 0.3) is 0 Å². The van der Waals surface area contributed by atoms with Gasteiger partial charge in [-0.3, -0.25) is 28.9 Å². The van der Waals surface area contributed by atoms with Crippen LogP contribution < -0.4 is 11.1 Å². The summed E-state index contributed by atoms with van der Waals surface area (Å²) in [4.78, 5) is 74.1. The molecule has 1 unspecified atom stereocenters. The maximum atomic E-state index is 14.5. The number of aliphatic carboxylic acids is 1. The fourth-order valence-corrected chi connectivity index (χ4v) is 8.98. The normalized spacial score (nSPS) is 18.4. The number of ether oxygens (including phenoxy) is 2. The molecule has 0 bridgehead atoms. The highest BCUT2D eigenvalue weighted by Crippen LogP contribution is 2.31. The lowest BCUT2D eigenvalue weighted by atomic mass is 9.85. The van der Waals surface area contributed by atoms with Crippen molar-refractivity contribution in [3.8, 4) is 0 Å². The van der Waals surface area contributed by atoms with Crippen molar-refractivity contribution in [2.24, 2.45) is 29.6 Å². The van der Waals surface area contributed by atoms with E-state index in [2.05, 4.69) is 5.32 Å². The summed E-state index contributed by atoms with van der Waals surface area (Å²) in [5.41, 5.74) is 8.49. The molecule has 0 spiro atoms. The number of hydrogen-bond donors (Lipinski definition) is 3. The van der Waals surface area contributed by atoms with Crippen LogP contribution in [0.15, 0.2) is 54.6 Å². The quantitative estimate of drug-likeness (QED) is 0.112. The fraction of sp³-hybridized carbons (Fsp3) is 0.638. The van der Waals surface area contributed by atoms with Gasteiger partial charge in [0.05, 0.1) is 42.7 Å². The van der Waals surface area contributed by atoms with Gasteiger partial charge in [-0.1, -0.05) is 97.4 Å². The van der Waals surface area contributed by atoms with E-state index in [0.29, 0.717) is 31.6 Å². The molecule has 3 amide bonds. The number of nitrogens with zero attached hydrogens (tertiary/aromatic N) is 3. The zero-order valence-electron chi connectivity index (χ0n) is 37.9. The summed E-state index contributed by atoms with van der Waals surface area (Å²) in [6, 6.07) is 14.6. The fourth-order valence-electron chi connectivity index (χ4n) is 8.98. The zero-order valence-corrected chi connectivity index (χ0v) is 37.9. The van der Waals surface area contributed by atoms with Crippen LogP contribution in [-0.2, 0) is 46.4 Å². The molecule has 0 radical (unpaired) electrons. The van der Waals surface area contributed by atoms with Gasteiger partial charge in [0.25, 0.3) is 0 Å². The number of anilines is 1. The highest BCUT2D eigenvalue weighted by atomic mass is 16.5. The summed E-state index contributed by atoms with van der Waals surface area (Å²) in [6.45, 7) is 14.6. The van der Waals surface area contributed by atoms with Gasteiger partial charge in [0.2, 0.25) is 17.7 Å². The minimum Gasteiger partial charge on any atom is -0.481 e. The molecule has 1 aliphatic rings. The van der Waals surface area contributed by atoms with Crippen molar-refractivity contribution in [2.75, 3.05) is 40.6 Å². The number of carboxylic acids is 1. The minimum atomic E-state index is -1.03. The number of benzene rings is 2. The Kier molecular flexibility index (Phi) is 19.7. The SMILES string of the molecule is CC[C@H](C)[C@@H]([C@@H](CC(=O)N1CCC[C@H]1[C@H](OC)[C@@H](C)C(=O)C[C@@H](Cc1ccccc1)C(=O)O)OC)N(C)C(=O)[C@@H](NC(=O)C(C(C)C)N(C)Cc1cccc(N)c1)C(C)C. The summed E-state index contributed by atoms with van der Waals surface area (Å²) >= 11 is 0. The third-order valence-electron chi connectivity index (χ3n) is 12.5. The van der Waals surface area contributed by atoms with E-state index in [0.717, 1.165) is 17.5 Å². The lowest BCUT2D eigenvalue weighted by Crippen LogP contribution is -2.60. The summed E-state index contributed by atoms with van der Waals surface area (Å²) in [5, 5.41) is 13.1. The first-order valence-electron chi connectivity index (χ1n) is 21.6. The number of methoxy groups -OCH3 is 2. The summed E-state index contributed by atoms with van der Waals surface area (Å²) in [7, 11) is 6.69. The predicted octanol–water partition coefficient (Wildman–Crippen LogP) is 5.69. The number of carbonyl (C=O) groups is 5. The zero-order chi connectivity index (χ0) is 44.8. The van der Waals surface area contributed by atoms with Gasteiger partial charge < -0.3 is 35.4 Å². The number of amides is 3. The van der Waals surface area contributed by atoms with Gasteiger partial charge in [-0.15, -0.1) is 0 Å². The Morgan fingerprint density at radius 1 is 0.900 bits per heavy atom. The monoisotopic (exact) mass is 836 g/mol. The molecule has 1 heterocycles. The number of likely N-dealkylation sites (tertiary alicyclic amines) is 1. The molecule has 0 saturated carbocycles. The van der Waals surface area contributed by atoms with Crippen LogP contribution in [0.3, 0.4) is 0 Å². The number of rotatable bonds is 24. The van der Waals surface area contributed by atoms with Gasteiger partial charge in [-0.25, -0.2) is 0 Å². The van der Waals surface area contributed by atoms with Gasteiger partial charge in [-0.05, 0) is 67.3 Å². The highest BCUT2D eigenvalue weighted by molar-refractivity contribution is 5.90. The van der Waals surface area contributed by atoms with E-state index < -0.39 is 54.2 Å². The molecule has 2 aromatic rings. The Bertz CT molecular complexity index is 1710. The molecule has 4 N–H and O–H groups in total. The Morgan fingerprint density at radius 2 is 1.55 bits per heavy atom. The maximum absolute atomic E-state index is 14.5. The van der Waals surface area contributed by atoms with Gasteiger partial charge in [0.1, 0.15) is 11.8 Å². The lowest BCUT2D eigenvalue weighted by Gasteiger charge is -2.41. The van der Waals surface area contributed by atoms with Gasteiger partial charge in [0.15, 0.2) is 0 Å². The van der Waals surface area contributed by atoms with Crippen LogP contribution in [0, 0.1) is 29.6 Å². The molecule has 1 saturated heterocycles. The average molecular weight is 836 g/mol. The first-order chi connectivity index (χ1) is 28.4. The molecule has 13 nitrogen and oxygen atoms in total. The number of carboxylic acid groups (broad SMARTS) is 1. The van der Waals surface area contributed by atoms with Crippen molar-refractivity contribution in [1.29, 1.82) is 0 Å². The molecule has 1 aliphatic heterocycles. The minimum absolute atomic E-state index is 0.0144. The number of carbonyl (C=O) groups excluding carboxylic acids is 4. The Hall–Kier alpha value is -4.33. The number of nitrogens with one attached hydrogen (secondary N) is 1. The topological polar surface area (TPSA) is 172 Å². The standard InChI is InChI=1S/C47H73N5O8/c1-12-31(6)43(51(9)46(56)41(29(2)3)49-45(55)42(30(4)5)50(8)28-34-20-16-21-36(48)25-34)39(59-10)27-40(54)52-23-17-22-37(52)44(60-11)32(7)38(53)26-35(47(57)58)24-33-18-14-13-15-19-33/h13-16,18-21,25,29-32,35,37,39,41-44H,12,17,22-24,26-28,48H2,1-11H3,(H,49,55)(H,57,58)/t31-,32-,35+,37-,39+,41-,42?,43-,44+/m0/s1. The Morgan fingerprint density at radius 3 is 2.10 bits per heavy atom. The molecule has 0 aromatic heterocycles. The molecule has 334 valence electrons. The van der Waals surface area contributed by atoms with Crippen molar-refractivity contribution >= 4 is 35.2 Å². The van der Waals surface area contributed by atoms with Crippen LogP contribution in [0.1, 0.15) is 91.7 Å². The van der Waals surface area contributed by atoms with Crippen molar-refractivity contribution in [3.63, 3.8) is 0 Å². The van der Waals surface area contributed by atoms with E-state index >= 15 is 0 Å². The summed E-state index contributed by atoms with van der Waals surface area (Å²) < 4.78 is 12.0. The van der Waals surface area contributed by atoms with Crippen LogP contribution >= 0.6 is 0 Å². The first-order valence-corrected chi connectivity index (χ1v) is 21.6. The molecule has 9 atom stereocenters. The lowest BCUT2D eigenvalue weighted by molar-refractivity contribution is -0.148. The molecule has 0 aliphatic carbocycles. The second kappa shape index (κ2) is 23.6. The number of nitrogens with two attached hydrogens (primary N) is 1. The second-order valence-electron chi connectivity index (χ2n) is 17.6. The van der Waals surface area contributed by atoms with Gasteiger partial charge >= 0.3 is 5.97 Å². The van der Waals surface area contributed by atoms with Crippen molar-refractivity contribution in [1.82, 2.24) is 20.0 Å². The van der Waals surface area contributed by atoms with Crippen LogP contribution in [0.5, 0.6) is 0 Å². The Labute approximate surface area is 358 Å². The summed E-state index contributed by atoms with van der Waals surface area (Å²) in [5.74, 6) is -3.84. The third-order valence-corrected chi connectivity index (χ3v) is 12.5. The van der Waals surface area contributed by atoms with E-state index in [1.54, 1.807) is 30.9 Å². The molecule has 60 heavy (non-hydrogen) atoms. The molecule has 1 fully saturated rings. The smallest absolute Gasteiger partial charge is 0.307 e. The molecule has 13 heteroatoms. The van der Waals surface area contributed by atoms with Gasteiger partial charge in [-0.2, -0.15) is 0 Å². The molecular formula is C47H73N5O8. The number of ketones is 1. The number of likely N-dealkylation sites (N-methyl/N-ethyl adjacent to an activating group) is 2. The van der Waals surface area contributed by atoms with E-state index in [-0.39, 0.29) is 60.5 Å². The largest absolute Gasteiger partial charge is 0.481 e. The van der Waals surface area contributed by atoms with E-state index in [9.17, 15) is 29.1 Å². The van der Waals surface area contributed by atoms with Crippen molar-refractivity contribution in [2.45, 2.75) is 130 Å². The summed E-state index contributed by atoms with van der Waals surface area (Å²) in [6.07, 6.45) is 0.811. The van der Waals surface area contributed by atoms with Crippen molar-refractivity contribution in [3.05, 3.63) is 65.7 Å². The number of nitrogen functional groups attached to an aromatic ring is 1. The molecule has 3 rings (SSSR count). The second-order valence-corrected chi connectivity index (χ2v) is 17.6. The number of hydrogen-bond acceptors (Lipinski definition) is 9. The Balaban J connectivity index is 1.78. The van der Waals surface area contributed by atoms with Crippen LogP contribution in [0.2, 0.25) is 0 Å². The first kappa shape index (κ1) is 50.0. The van der Waals surface area contributed by atoms with E-state index in [1.165, 1.54) is 7.11 Å². The highest BCUT2D eigenvalue weighted by Gasteiger charge is 2.43. The predicted molar refractivity (Wildman–Crippen MR) is 235 cm³/mol. The average Bonchev–Trinajstić information content (AvgIpc) is 3.69. The maximum Gasteiger partial charge on any atom is 0.307 e. The van der Waals surface area contributed by atoms with Crippen LogP contribution in [-0.4, -0.2) is 121 Å². The molecular weight excluding hydrogens is 763 g/mol.